The second-order valence-corrected chi connectivity index (χ2v) is 6.29. The van der Waals surface area contributed by atoms with Gasteiger partial charge in [-0.3, -0.25) is 4.99 Å². The fourth-order valence-corrected chi connectivity index (χ4v) is 2.43. The number of rotatable bonds is 8. The molecule has 0 aliphatic heterocycles. The first kappa shape index (κ1) is 18.4. The lowest BCUT2D eigenvalue weighted by Gasteiger charge is -2.12. The van der Waals surface area contributed by atoms with Crippen molar-refractivity contribution in [2.75, 3.05) is 33.9 Å². The molecule has 0 unspecified atom stereocenters. The van der Waals surface area contributed by atoms with E-state index in [1.54, 1.807) is 31.3 Å². The van der Waals surface area contributed by atoms with Crippen LogP contribution in [0.15, 0.2) is 34.2 Å². The molecule has 1 aromatic carbocycles. The Kier molecular flexibility index (Phi) is 7.86. The molecule has 0 radical (unpaired) electrons. The summed E-state index contributed by atoms with van der Waals surface area (Å²) in [6.07, 6.45) is 0. The highest BCUT2D eigenvalue weighted by Gasteiger charge is 2.10. The van der Waals surface area contributed by atoms with Crippen LogP contribution in [0.1, 0.15) is 12.5 Å². The van der Waals surface area contributed by atoms with Crippen molar-refractivity contribution >= 4 is 16.0 Å². The van der Waals surface area contributed by atoms with Gasteiger partial charge >= 0.3 is 0 Å². The van der Waals surface area contributed by atoms with E-state index >= 15 is 0 Å². The van der Waals surface area contributed by atoms with Gasteiger partial charge in [0.1, 0.15) is 0 Å². The van der Waals surface area contributed by atoms with Crippen molar-refractivity contribution in [1.82, 2.24) is 15.4 Å². The molecule has 0 fully saturated rings. The third-order valence-corrected chi connectivity index (χ3v) is 4.36. The predicted octanol–water partition coefficient (Wildman–Crippen LogP) is 0.296. The molecule has 0 saturated carbocycles. The average molecular weight is 328 g/mol. The summed E-state index contributed by atoms with van der Waals surface area (Å²) in [5.74, 6) is 0.673. The average Bonchev–Trinajstić information content (AvgIpc) is 2.54. The molecule has 0 saturated heterocycles. The second kappa shape index (κ2) is 9.39. The molecule has 22 heavy (non-hydrogen) atoms. The van der Waals surface area contributed by atoms with E-state index in [1.807, 2.05) is 6.92 Å². The van der Waals surface area contributed by atoms with Crippen LogP contribution in [0, 0.1) is 0 Å². The van der Waals surface area contributed by atoms with Crippen molar-refractivity contribution in [3.63, 3.8) is 0 Å². The van der Waals surface area contributed by atoms with Crippen LogP contribution in [0.5, 0.6) is 0 Å². The number of benzene rings is 1. The minimum atomic E-state index is -3.39. The van der Waals surface area contributed by atoms with E-state index in [0.717, 1.165) is 5.56 Å². The SMILES string of the molecule is CCOCCNC(=NC)NCc1ccc(S(=O)(=O)NC)cc1. The highest BCUT2D eigenvalue weighted by molar-refractivity contribution is 7.89. The van der Waals surface area contributed by atoms with Crippen LogP contribution < -0.4 is 15.4 Å². The molecule has 0 spiro atoms. The van der Waals surface area contributed by atoms with Crippen molar-refractivity contribution < 1.29 is 13.2 Å². The van der Waals surface area contributed by atoms with Crippen molar-refractivity contribution in [2.45, 2.75) is 18.4 Å². The van der Waals surface area contributed by atoms with Gasteiger partial charge in [0, 0.05) is 26.7 Å². The van der Waals surface area contributed by atoms with Gasteiger partial charge in [0.15, 0.2) is 5.96 Å². The quantitative estimate of drug-likeness (QED) is 0.363. The maximum atomic E-state index is 11.6. The Bertz CT molecular complexity index is 570. The zero-order valence-corrected chi connectivity index (χ0v) is 14.0. The molecule has 1 rings (SSSR count). The van der Waals surface area contributed by atoms with Crippen molar-refractivity contribution in [1.29, 1.82) is 0 Å². The number of hydrogen-bond acceptors (Lipinski definition) is 4. The molecule has 0 bridgehead atoms. The van der Waals surface area contributed by atoms with Gasteiger partial charge in [-0.25, -0.2) is 13.1 Å². The van der Waals surface area contributed by atoms with Crippen LogP contribution in [0.3, 0.4) is 0 Å². The van der Waals surface area contributed by atoms with Crippen LogP contribution >= 0.6 is 0 Å². The lowest BCUT2D eigenvalue weighted by molar-refractivity contribution is 0.152. The number of nitrogens with zero attached hydrogens (tertiary/aromatic N) is 1. The first-order valence-corrected chi connectivity index (χ1v) is 8.56. The minimum Gasteiger partial charge on any atom is -0.380 e. The minimum absolute atomic E-state index is 0.248. The summed E-state index contributed by atoms with van der Waals surface area (Å²) in [5.41, 5.74) is 0.961. The molecule has 0 amide bonds. The van der Waals surface area contributed by atoms with Gasteiger partial charge in [0.2, 0.25) is 10.0 Å². The predicted molar refractivity (Wildman–Crippen MR) is 87.4 cm³/mol. The molecule has 1 aromatic rings. The maximum Gasteiger partial charge on any atom is 0.240 e. The van der Waals surface area contributed by atoms with Gasteiger partial charge in [0.25, 0.3) is 0 Å². The van der Waals surface area contributed by atoms with Crippen LogP contribution in [0.25, 0.3) is 0 Å². The molecule has 0 atom stereocenters. The van der Waals surface area contributed by atoms with Gasteiger partial charge in [-0.1, -0.05) is 12.1 Å². The number of guanidine groups is 1. The molecule has 8 heteroatoms. The summed E-state index contributed by atoms with van der Waals surface area (Å²) < 4.78 is 30.8. The monoisotopic (exact) mass is 328 g/mol. The first-order chi connectivity index (χ1) is 10.5. The fraction of sp³-hybridized carbons (Fsp3) is 0.500. The Morgan fingerprint density at radius 3 is 2.45 bits per heavy atom. The summed E-state index contributed by atoms with van der Waals surface area (Å²) in [6, 6.07) is 6.69. The van der Waals surface area contributed by atoms with Crippen molar-refractivity contribution in [2.24, 2.45) is 4.99 Å². The topological polar surface area (TPSA) is 91.8 Å². The van der Waals surface area contributed by atoms with Crippen LogP contribution in [-0.2, 0) is 21.3 Å². The van der Waals surface area contributed by atoms with Gasteiger partial charge < -0.3 is 15.4 Å². The van der Waals surface area contributed by atoms with Gasteiger partial charge in [-0.2, -0.15) is 0 Å². The molecule has 0 heterocycles. The van der Waals surface area contributed by atoms with E-state index in [0.29, 0.717) is 32.3 Å². The Labute approximate surface area is 132 Å². The Morgan fingerprint density at radius 1 is 1.23 bits per heavy atom. The van der Waals surface area contributed by atoms with E-state index in [2.05, 4.69) is 20.3 Å². The zero-order chi connectivity index (χ0) is 16.4. The van der Waals surface area contributed by atoms with Crippen molar-refractivity contribution in [3.05, 3.63) is 29.8 Å². The van der Waals surface area contributed by atoms with E-state index in [9.17, 15) is 8.42 Å². The van der Waals surface area contributed by atoms with Crippen LogP contribution in [0.4, 0.5) is 0 Å². The summed E-state index contributed by atoms with van der Waals surface area (Å²) >= 11 is 0. The lowest BCUT2D eigenvalue weighted by atomic mass is 10.2. The lowest BCUT2D eigenvalue weighted by Crippen LogP contribution is -2.38. The summed E-state index contributed by atoms with van der Waals surface area (Å²) in [7, 11) is -0.304. The highest BCUT2D eigenvalue weighted by Crippen LogP contribution is 2.09. The smallest absolute Gasteiger partial charge is 0.240 e. The van der Waals surface area contributed by atoms with E-state index in [4.69, 9.17) is 4.74 Å². The third kappa shape index (κ3) is 6.00. The summed E-state index contributed by atoms with van der Waals surface area (Å²) in [5, 5.41) is 6.28. The highest BCUT2D eigenvalue weighted by atomic mass is 32.2. The number of aliphatic imine (C=N–C) groups is 1. The standard InChI is InChI=1S/C14H24N4O3S/c1-4-21-10-9-17-14(15-2)18-11-12-5-7-13(8-6-12)22(19,20)16-3/h5-8,16H,4,9-11H2,1-3H3,(H2,15,17,18). The normalized spacial score (nSPS) is 12.2. The van der Waals surface area contributed by atoms with Crippen LogP contribution in [0.2, 0.25) is 0 Å². The molecule has 7 nitrogen and oxygen atoms in total. The number of hydrogen-bond donors (Lipinski definition) is 3. The van der Waals surface area contributed by atoms with Crippen molar-refractivity contribution in [3.8, 4) is 0 Å². The fourth-order valence-electron chi connectivity index (χ4n) is 1.70. The Morgan fingerprint density at radius 2 is 1.91 bits per heavy atom. The van der Waals surface area contributed by atoms with Gasteiger partial charge in [0.05, 0.1) is 11.5 Å². The molecule has 124 valence electrons. The molecular weight excluding hydrogens is 304 g/mol. The first-order valence-electron chi connectivity index (χ1n) is 7.08. The number of nitrogens with one attached hydrogen (secondary N) is 3. The largest absolute Gasteiger partial charge is 0.380 e. The molecule has 0 aliphatic rings. The molecule has 0 aromatic heterocycles. The third-order valence-electron chi connectivity index (χ3n) is 2.93. The van der Waals surface area contributed by atoms with E-state index in [-0.39, 0.29) is 4.90 Å². The van der Waals surface area contributed by atoms with Gasteiger partial charge in [-0.15, -0.1) is 0 Å². The van der Waals surface area contributed by atoms with Gasteiger partial charge in [-0.05, 0) is 31.7 Å². The molecule has 3 N–H and O–H groups in total. The Hall–Kier alpha value is -1.64. The second-order valence-electron chi connectivity index (χ2n) is 4.40. The van der Waals surface area contributed by atoms with E-state index < -0.39 is 10.0 Å². The molecule has 0 aliphatic carbocycles. The van der Waals surface area contributed by atoms with Crippen LogP contribution in [-0.4, -0.2) is 48.2 Å². The zero-order valence-electron chi connectivity index (χ0n) is 13.2. The van der Waals surface area contributed by atoms with E-state index in [1.165, 1.54) is 7.05 Å². The summed E-state index contributed by atoms with van der Waals surface area (Å²) in [6.45, 7) is 4.48. The molecular formula is C14H24N4O3S. The number of sulfonamides is 1. The Balaban J connectivity index is 2.50. The number of ether oxygens (including phenoxy) is 1. The summed E-state index contributed by atoms with van der Waals surface area (Å²) in [4.78, 5) is 4.35. The maximum absolute atomic E-state index is 11.6.